The lowest BCUT2D eigenvalue weighted by atomic mass is 10.2. The molecule has 2 heteroatoms. The zero-order valence-corrected chi connectivity index (χ0v) is 8.24. The summed E-state index contributed by atoms with van der Waals surface area (Å²) in [5, 5.41) is 9.18. The van der Waals surface area contributed by atoms with Crippen molar-refractivity contribution in [3.8, 4) is 0 Å². The molecule has 0 unspecified atom stereocenters. The van der Waals surface area contributed by atoms with Gasteiger partial charge in [-0.1, -0.05) is 13.8 Å². The molecule has 0 spiro atoms. The second-order valence-corrected chi connectivity index (χ2v) is 3.08. The molecule has 0 aliphatic carbocycles. The average molecular weight is 172 g/mol. The molecule has 1 aromatic heterocycles. The largest absolute Gasteiger partial charge is 0.400 e. The molecule has 0 radical (unpaired) electrons. The minimum atomic E-state index is 1.00. The van der Waals surface area contributed by atoms with Crippen LogP contribution in [0.4, 0.5) is 0 Å². The van der Waals surface area contributed by atoms with Crippen LogP contribution in [0.2, 0.25) is 0 Å². The lowest BCUT2D eigenvalue weighted by Gasteiger charge is -1.93. The predicted octanol–water partition coefficient (Wildman–Crippen LogP) is 2.48. The lowest BCUT2D eigenvalue weighted by molar-refractivity contribution is 0.399. The highest BCUT2D eigenvalue weighted by Crippen LogP contribution is 2.16. The number of aliphatic hydroxyl groups is 1. The molecule has 1 aromatic rings. The van der Waals surface area contributed by atoms with Gasteiger partial charge in [-0.25, -0.2) is 0 Å². The first kappa shape index (κ1) is 10.7. The monoisotopic (exact) mass is 172 g/mol. The Bertz CT molecular complexity index is 163. The van der Waals surface area contributed by atoms with Crippen molar-refractivity contribution < 1.29 is 5.11 Å². The number of hydrogen-bond acceptors (Lipinski definition) is 2. The van der Waals surface area contributed by atoms with Gasteiger partial charge in [0, 0.05) is 12.0 Å². The fourth-order valence-electron chi connectivity index (χ4n) is 0.992. The number of aliphatic hydroxyl groups excluding tert-OH is 1. The molecule has 1 nitrogen and oxygen atoms in total. The topological polar surface area (TPSA) is 20.2 Å². The van der Waals surface area contributed by atoms with Crippen LogP contribution in [0, 0.1) is 0 Å². The van der Waals surface area contributed by atoms with Crippen LogP contribution in [0.25, 0.3) is 0 Å². The highest BCUT2D eigenvalue weighted by atomic mass is 32.1. The smallest absolute Gasteiger partial charge is 0.0319 e. The second kappa shape index (κ2) is 6.38. The molecule has 0 aromatic carbocycles. The van der Waals surface area contributed by atoms with E-state index in [0.717, 1.165) is 7.11 Å². The maximum atomic E-state index is 7.00. The van der Waals surface area contributed by atoms with E-state index in [0.29, 0.717) is 0 Å². The molecule has 0 aliphatic rings. The van der Waals surface area contributed by atoms with E-state index in [1.165, 1.54) is 18.4 Å². The third-order valence-corrected chi connectivity index (χ3v) is 2.65. The first-order valence-corrected chi connectivity index (χ1v) is 4.76. The van der Waals surface area contributed by atoms with E-state index in [-0.39, 0.29) is 0 Å². The molecule has 11 heavy (non-hydrogen) atoms. The third kappa shape index (κ3) is 3.04. The molecule has 1 rings (SSSR count). The summed E-state index contributed by atoms with van der Waals surface area (Å²) >= 11 is 1.87. The van der Waals surface area contributed by atoms with Crippen molar-refractivity contribution in [2.75, 3.05) is 7.11 Å². The molecule has 0 fully saturated rings. The summed E-state index contributed by atoms with van der Waals surface area (Å²) in [6.07, 6.45) is 2.38. The van der Waals surface area contributed by atoms with Crippen LogP contribution in [0.3, 0.4) is 0 Å². The van der Waals surface area contributed by atoms with Crippen LogP contribution in [0.15, 0.2) is 11.4 Å². The summed E-state index contributed by atoms with van der Waals surface area (Å²) in [6, 6.07) is 2.23. The summed E-state index contributed by atoms with van der Waals surface area (Å²) in [7, 11) is 1.00. The van der Waals surface area contributed by atoms with E-state index in [1.54, 1.807) is 4.88 Å². The van der Waals surface area contributed by atoms with Crippen LogP contribution in [-0.2, 0) is 12.8 Å². The maximum Gasteiger partial charge on any atom is 0.0319 e. The van der Waals surface area contributed by atoms with Crippen molar-refractivity contribution >= 4 is 11.3 Å². The molecule has 0 aliphatic heterocycles. The van der Waals surface area contributed by atoms with Gasteiger partial charge in [-0.15, -0.1) is 11.3 Å². The Morgan fingerprint density at radius 2 is 1.91 bits per heavy atom. The highest BCUT2D eigenvalue weighted by Gasteiger charge is 1.96. The van der Waals surface area contributed by atoms with Crippen molar-refractivity contribution in [1.82, 2.24) is 0 Å². The zero-order chi connectivity index (χ0) is 8.69. The Balaban J connectivity index is 0.000000461. The first-order chi connectivity index (χ1) is 5.38. The zero-order valence-electron chi connectivity index (χ0n) is 7.42. The summed E-state index contributed by atoms with van der Waals surface area (Å²) in [5.74, 6) is 0. The van der Waals surface area contributed by atoms with E-state index in [4.69, 9.17) is 5.11 Å². The van der Waals surface area contributed by atoms with Crippen molar-refractivity contribution in [3.63, 3.8) is 0 Å². The molecule has 64 valence electrons. The Morgan fingerprint density at radius 3 is 2.27 bits per heavy atom. The van der Waals surface area contributed by atoms with Gasteiger partial charge < -0.3 is 5.11 Å². The van der Waals surface area contributed by atoms with Gasteiger partial charge in [-0.2, -0.15) is 0 Å². The molecule has 1 N–H and O–H groups in total. The van der Waals surface area contributed by atoms with Gasteiger partial charge in [0.25, 0.3) is 0 Å². The normalized spacial score (nSPS) is 8.73. The summed E-state index contributed by atoms with van der Waals surface area (Å²) < 4.78 is 0. The maximum absolute atomic E-state index is 7.00. The van der Waals surface area contributed by atoms with Crippen LogP contribution in [-0.4, -0.2) is 12.2 Å². The van der Waals surface area contributed by atoms with Crippen LogP contribution in [0.1, 0.15) is 24.3 Å². The van der Waals surface area contributed by atoms with Crippen molar-refractivity contribution in [2.24, 2.45) is 0 Å². The van der Waals surface area contributed by atoms with E-state index in [9.17, 15) is 0 Å². The lowest BCUT2D eigenvalue weighted by Crippen LogP contribution is -1.80. The van der Waals surface area contributed by atoms with E-state index >= 15 is 0 Å². The molecular formula is C9H16OS. The molecule has 0 atom stereocenters. The van der Waals surface area contributed by atoms with Crippen molar-refractivity contribution in [1.29, 1.82) is 0 Å². The minimum absolute atomic E-state index is 1.00. The molecule has 0 bridgehead atoms. The number of hydrogen-bond donors (Lipinski definition) is 1. The number of thiophene rings is 1. The molecule has 0 amide bonds. The van der Waals surface area contributed by atoms with Gasteiger partial charge in [-0.3, -0.25) is 0 Å². The van der Waals surface area contributed by atoms with E-state index in [2.05, 4.69) is 25.3 Å². The van der Waals surface area contributed by atoms with Crippen LogP contribution < -0.4 is 0 Å². The first-order valence-electron chi connectivity index (χ1n) is 3.88. The van der Waals surface area contributed by atoms with Gasteiger partial charge in [0.2, 0.25) is 0 Å². The Hall–Kier alpha value is -0.340. The summed E-state index contributed by atoms with van der Waals surface area (Å²) in [4.78, 5) is 1.55. The Labute approximate surface area is 72.7 Å². The second-order valence-electron chi connectivity index (χ2n) is 2.08. The molecule has 0 saturated heterocycles. The predicted molar refractivity (Wildman–Crippen MR) is 51.2 cm³/mol. The van der Waals surface area contributed by atoms with Gasteiger partial charge >= 0.3 is 0 Å². The highest BCUT2D eigenvalue weighted by molar-refractivity contribution is 7.10. The number of rotatable bonds is 2. The van der Waals surface area contributed by atoms with E-state index in [1.807, 2.05) is 11.3 Å². The molecular weight excluding hydrogens is 156 g/mol. The van der Waals surface area contributed by atoms with Gasteiger partial charge in [0.05, 0.1) is 0 Å². The van der Waals surface area contributed by atoms with Gasteiger partial charge in [0.15, 0.2) is 0 Å². The minimum Gasteiger partial charge on any atom is -0.400 e. The summed E-state index contributed by atoms with van der Waals surface area (Å²) in [6.45, 7) is 4.42. The Morgan fingerprint density at radius 1 is 1.27 bits per heavy atom. The van der Waals surface area contributed by atoms with Crippen molar-refractivity contribution in [3.05, 3.63) is 21.9 Å². The van der Waals surface area contributed by atoms with Crippen LogP contribution >= 0.6 is 11.3 Å². The van der Waals surface area contributed by atoms with Crippen LogP contribution in [0.5, 0.6) is 0 Å². The average Bonchev–Trinajstić information content (AvgIpc) is 2.54. The Kier molecular flexibility index (Phi) is 6.18. The van der Waals surface area contributed by atoms with Gasteiger partial charge in [0.1, 0.15) is 0 Å². The fourth-order valence-corrected chi connectivity index (χ4v) is 1.92. The molecule has 1 heterocycles. The standard InChI is InChI=1S/C8H12S.CH4O/c1-3-7-5-6-9-8(7)4-2;1-2/h5-6H,3-4H2,1-2H3;2H,1H3. The third-order valence-electron chi connectivity index (χ3n) is 1.54. The summed E-state index contributed by atoms with van der Waals surface area (Å²) in [5.41, 5.74) is 1.53. The van der Waals surface area contributed by atoms with Crippen molar-refractivity contribution in [2.45, 2.75) is 26.7 Å². The van der Waals surface area contributed by atoms with E-state index < -0.39 is 0 Å². The fraction of sp³-hybridized carbons (Fsp3) is 0.556. The SMILES string of the molecule is CCc1ccsc1CC.CO. The number of aryl methyl sites for hydroxylation is 2. The van der Waals surface area contributed by atoms with Gasteiger partial charge in [-0.05, 0) is 29.9 Å². The molecule has 0 saturated carbocycles. The quantitative estimate of drug-likeness (QED) is 0.726.